The number of carbonyl (C=O) groups excluding carboxylic acids is 2. The Morgan fingerprint density at radius 3 is 2.46 bits per heavy atom. The quantitative estimate of drug-likeness (QED) is 0.643. The van der Waals surface area contributed by atoms with Crippen LogP contribution in [-0.4, -0.2) is 21.6 Å². The molecule has 0 radical (unpaired) electrons. The lowest BCUT2D eigenvalue weighted by molar-refractivity contribution is -0.118. The molecule has 0 aliphatic carbocycles. The van der Waals surface area contributed by atoms with Gasteiger partial charge in [-0.2, -0.15) is 5.10 Å². The largest absolute Gasteiger partial charge is 0.370 e. The maximum atomic E-state index is 13.0. The highest BCUT2D eigenvalue weighted by atomic mass is 35.5. The molecular formula is C21H21ClN4O2. The molecule has 0 aliphatic heterocycles. The number of carbonyl (C=O) groups is 2. The molecule has 0 spiro atoms. The number of amides is 2. The number of aromatic nitrogens is 2. The highest BCUT2D eigenvalue weighted by molar-refractivity contribution is 6.30. The van der Waals surface area contributed by atoms with Gasteiger partial charge in [-0.1, -0.05) is 54.1 Å². The Balaban J connectivity index is 1.84. The van der Waals surface area contributed by atoms with E-state index in [1.807, 2.05) is 30.3 Å². The van der Waals surface area contributed by atoms with Gasteiger partial charge in [0.05, 0.1) is 29.9 Å². The van der Waals surface area contributed by atoms with Crippen LogP contribution in [0.4, 0.5) is 0 Å². The van der Waals surface area contributed by atoms with Crippen molar-refractivity contribution in [3.8, 4) is 0 Å². The molecule has 2 aromatic carbocycles. The Morgan fingerprint density at radius 1 is 1.14 bits per heavy atom. The summed E-state index contributed by atoms with van der Waals surface area (Å²) in [7, 11) is 1.80. The summed E-state index contributed by atoms with van der Waals surface area (Å²) in [6.45, 7) is 0. The summed E-state index contributed by atoms with van der Waals surface area (Å²) in [5.74, 6) is -0.809. The fraction of sp³-hybridized carbons (Fsp3) is 0.190. The fourth-order valence-corrected chi connectivity index (χ4v) is 3.16. The van der Waals surface area contributed by atoms with Crippen LogP contribution in [0.5, 0.6) is 0 Å². The lowest BCUT2D eigenvalue weighted by Gasteiger charge is -2.18. The number of nitrogens with zero attached hydrogens (tertiary/aromatic N) is 2. The van der Waals surface area contributed by atoms with E-state index in [9.17, 15) is 9.59 Å². The van der Waals surface area contributed by atoms with Gasteiger partial charge in [-0.05, 0) is 23.3 Å². The molecule has 0 saturated heterocycles. The van der Waals surface area contributed by atoms with Crippen LogP contribution < -0.4 is 11.1 Å². The summed E-state index contributed by atoms with van der Waals surface area (Å²) in [4.78, 5) is 24.5. The van der Waals surface area contributed by atoms with Crippen LogP contribution in [-0.2, 0) is 18.3 Å². The average molecular weight is 397 g/mol. The Morgan fingerprint density at radius 2 is 1.82 bits per heavy atom. The first-order valence-corrected chi connectivity index (χ1v) is 9.21. The van der Waals surface area contributed by atoms with Crippen LogP contribution >= 0.6 is 11.6 Å². The summed E-state index contributed by atoms with van der Waals surface area (Å²) < 4.78 is 1.69. The second-order valence-electron chi connectivity index (χ2n) is 6.54. The number of nitrogens with two attached hydrogens (primary N) is 1. The zero-order valence-corrected chi connectivity index (χ0v) is 16.2. The minimum atomic E-state index is -0.549. The van der Waals surface area contributed by atoms with E-state index in [-0.39, 0.29) is 12.3 Å². The number of nitrogens with one attached hydrogen (secondary N) is 1. The smallest absolute Gasteiger partial charge is 0.255 e. The van der Waals surface area contributed by atoms with Crippen LogP contribution in [0.2, 0.25) is 5.02 Å². The van der Waals surface area contributed by atoms with Gasteiger partial charge in [0.25, 0.3) is 5.91 Å². The van der Waals surface area contributed by atoms with Crippen LogP contribution in [0.25, 0.3) is 0 Å². The Labute approximate surface area is 168 Å². The molecule has 144 valence electrons. The molecule has 2 amide bonds. The third kappa shape index (κ3) is 4.78. The van der Waals surface area contributed by atoms with E-state index < -0.39 is 11.9 Å². The van der Waals surface area contributed by atoms with Gasteiger partial charge >= 0.3 is 0 Å². The van der Waals surface area contributed by atoms with Gasteiger partial charge in [0.2, 0.25) is 5.91 Å². The lowest BCUT2D eigenvalue weighted by Crippen LogP contribution is -2.32. The summed E-state index contributed by atoms with van der Waals surface area (Å²) in [5.41, 5.74) is 8.47. The van der Waals surface area contributed by atoms with Crippen molar-refractivity contribution in [3.05, 3.63) is 88.2 Å². The van der Waals surface area contributed by atoms with E-state index in [1.165, 1.54) is 6.20 Å². The molecule has 7 heteroatoms. The van der Waals surface area contributed by atoms with Crippen molar-refractivity contribution in [1.29, 1.82) is 0 Å². The summed E-state index contributed by atoms with van der Waals surface area (Å²) in [5, 5.41) is 7.71. The third-order valence-corrected chi connectivity index (χ3v) is 4.76. The topological polar surface area (TPSA) is 90.0 Å². The summed E-state index contributed by atoms with van der Waals surface area (Å²) >= 11 is 5.93. The molecule has 0 saturated carbocycles. The van der Waals surface area contributed by atoms with Crippen LogP contribution in [0, 0.1) is 0 Å². The van der Waals surface area contributed by atoms with Crippen molar-refractivity contribution < 1.29 is 9.59 Å². The first-order valence-electron chi connectivity index (χ1n) is 8.83. The standard InChI is InChI=1S/C21H21ClN4O2/c1-26-19(11-14-5-3-2-4-6-14)17(13-24-26)21(28)25-18(12-20(23)27)15-7-9-16(22)10-8-15/h2-10,13,18H,11-12H2,1H3,(H2,23,27)(H,25,28)/t18-/m1/s1. The van der Waals surface area contributed by atoms with E-state index in [1.54, 1.807) is 36.0 Å². The Hall–Kier alpha value is -3.12. The molecule has 1 aromatic heterocycles. The van der Waals surface area contributed by atoms with Gasteiger partial charge in [-0.15, -0.1) is 0 Å². The van der Waals surface area contributed by atoms with Crippen LogP contribution in [0.15, 0.2) is 60.8 Å². The van der Waals surface area contributed by atoms with Crippen molar-refractivity contribution in [2.75, 3.05) is 0 Å². The number of rotatable bonds is 7. The monoisotopic (exact) mass is 396 g/mol. The molecule has 1 atom stereocenters. The normalized spacial score (nSPS) is 11.8. The molecule has 0 bridgehead atoms. The minimum absolute atomic E-state index is 0.0122. The first-order chi connectivity index (χ1) is 13.4. The van der Waals surface area contributed by atoms with Gasteiger partial charge in [0, 0.05) is 18.5 Å². The Bertz CT molecular complexity index is 968. The van der Waals surface area contributed by atoms with E-state index in [2.05, 4.69) is 10.4 Å². The molecule has 0 unspecified atom stereocenters. The molecule has 0 aliphatic rings. The Kier molecular flexibility index (Phi) is 6.11. The number of aryl methyl sites for hydroxylation is 1. The van der Waals surface area contributed by atoms with E-state index in [4.69, 9.17) is 17.3 Å². The first kappa shape index (κ1) is 19.6. The zero-order chi connectivity index (χ0) is 20.1. The second kappa shape index (κ2) is 8.71. The average Bonchev–Trinajstić information content (AvgIpc) is 3.03. The molecule has 3 rings (SSSR count). The fourth-order valence-electron chi connectivity index (χ4n) is 3.04. The number of hydrogen-bond donors (Lipinski definition) is 2. The summed E-state index contributed by atoms with van der Waals surface area (Å²) in [6, 6.07) is 16.3. The number of halogens is 1. The highest BCUT2D eigenvalue weighted by Crippen LogP contribution is 2.21. The molecule has 0 fully saturated rings. The lowest BCUT2D eigenvalue weighted by atomic mass is 10.0. The van der Waals surface area contributed by atoms with E-state index in [0.29, 0.717) is 17.0 Å². The van der Waals surface area contributed by atoms with Gasteiger partial charge in [-0.3, -0.25) is 14.3 Å². The van der Waals surface area contributed by atoms with Gasteiger partial charge in [0.15, 0.2) is 0 Å². The van der Waals surface area contributed by atoms with E-state index in [0.717, 1.165) is 16.8 Å². The maximum absolute atomic E-state index is 13.0. The number of hydrogen-bond acceptors (Lipinski definition) is 3. The van der Waals surface area contributed by atoms with Crippen molar-refractivity contribution in [2.45, 2.75) is 18.9 Å². The molecule has 1 heterocycles. The summed E-state index contributed by atoms with van der Waals surface area (Å²) in [6.07, 6.45) is 2.10. The predicted molar refractivity (Wildman–Crippen MR) is 108 cm³/mol. The number of benzene rings is 2. The van der Waals surface area contributed by atoms with Crippen molar-refractivity contribution >= 4 is 23.4 Å². The SMILES string of the molecule is Cn1ncc(C(=O)N[C@H](CC(N)=O)c2ccc(Cl)cc2)c1Cc1ccccc1. The van der Waals surface area contributed by atoms with Gasteiger partial charge < -0.3 is 11.1 Å². The van der Waals surface area contributed by atoms with Crippen molar-refractivity contribution in [3.63, 3.8) is 0 Å². The molecule has 6 nitrogen and oxygen atoms in total. The predicted octanol–water partition coefficient (Wildman–Crippen LogP) is 3.01. The molecule has 3 N–H and O–H groups in total. The van der Waals surface area contributed by atoms with Crippen LogP contribution in [0.1, 0.15) is 39.6 Å². The molecule has 3 aromatic rings. The third-order valence-electron chi connectivity index (χ3n) is 4.50. The zero-order valence-electron chi connectivity index (χ0n) is 15.4. The number of primary amides is 1. The van der Waals surface area contributed by atoms with Gasteiger partial charge in [0.1, 0.15) is 0 Å². The highest BCUT2D eigenvalue weighted by Gasteiger charge is 2.22. The van der Waals surface area contributed by atoms with Crippen LogP contribution in [0.3, 0.4) is 0 Å². The van der Waals surface area contributed by atoms with E-state index >= 15 is 0 Å². The van der Waals surface area contributed by atoms with Crippen molar-refractivity contribution in [2.24, 2.45) is 12.8 Å². The molecular weight excluding hydrogens is 376 g/mol. The maximum Gasteiger partial charge on any atom is 0.255 e. The van der Waals surface area contributed by atoms with Crippen molar-refractivity contribution in [1.82, 2.24) is 15.1 Å². The minimum Gasteiger partial charge on any atom is -0.370 e. The second-order valence-corrected chi connectivity index (χ2v) is 6.98. The molecule has 28 heavy (non-hydrogen) atoms. The van der Waals surface area contributed by atoms with Gasteiger partial charge in [-0.25, -0.2) is 0 Å².